The van der Waals surface area contributed by atoms with Crippen LogP contribution in [0, 0.1) is 24.7 Å². The minimum atomic E-state index is -0.0494. The number of nitrogens with one attached hydrogen (secondary N) is 2. The van der Waals surface area contributed by atoms with Gasteiger partial charge in [-0.2, -0.15) is 0 Å². The molecular formula is C26H36N4O2S. The fourth-order valence-electron chi connectivity index (χ4n) is 6.15. The summed E-state index contributed by atoms with van der Waals surface area (Å²) in [7, 11) is 1.84. The zero-order valence-electron chi connectivity index (χ0n) is 20.1. The van der Waals surface area contributed by atoms with Crippen molar-refractivity contribution in [1.82, 2.24) is 20.2 Å². The summed E-state index contributed by atoms with van der Waals surface area (Å²) in [6.45, 7) is 6.49. The Kier molecular flexibility index (Phi) is 6.29. The first-order valence-electron chi connectivity index (χ1n) is 12.5. The van der Waals surface area contributed by atoms with Gasteiger partial charge in [-0.25, -0.2) is 0 Å². The van der Waals surface area contributed by atoms with Crippen LogP contribution in [0.5, 0.6) is 0 Å². The van der Waals surface area contributed by atoms with E-state index in [1.807, 2.05) is 44.1 Å². The van der Waals surface area contributed by atoms with Crippen molar-refractivity contribution in [3.05, 3.63) is 39.9 Å². The van der Waals surface area contributed by atoms with E-state index in [4.69, 9.17) is 0 Å². The molecule has 7 atom stereocenters. The maximum absolute atomic E-state index is 13.3. The molecule has 0 spiro atoms. The summed E-state index contributed by atoms with van der Waals surface area (Å²) < 4.78 is 1.75. The van der Waals surface area contributed by atoms with Crippen molar-refractivity contribution < 1.29 is 4.79 Å². The molecule has 2 aromatic rings. The van der Waals surface area contributed by atoms with Gasteiger partial charge in [0.15, 0.2) is 0 Å². The van der Waals surface area contributed by atoms with Crippen LogP contribution in [0.25, 0.3) is 10.9 Å². The molecule has 1 aliphatic heterocycles. The monoisotopic (exact) mass is 468 g/mol. The molecule has 2 saturated carbocycles. The van der Waals surface area contributed by atoms with E-state index in [1.165, 1.54) is 19.3 Å². The van der Waals surface area contributed by atoms with Crippen LogP contribution < -0.4 is 16.2 Å². The Morgan fingerprint density at radius 2 is 2.00 bits per heavy atom. The van der Waals surface area contributed by atoms with Gasteiger partial charge in [0.1, 0.15) is 5.50 Å². The fourth-order valence-corrected chi connectivity index (χ4v) is 7.78. The predicted octanol–water partition coefficient (Wildman–Crippen LogP) is 4.06. The lowest BCUT2D eigenvalue weighted by atomic mass is 9.71. The van der Waals surface area contributed by atoms with Gasteiger partial charge in [0.2, 0.25) is 5.91 Å². The number of thioether (sulfide) groups is 1. The number of rotatable bonds is 3. The summed E-state index contributed by atoms with van der Waals surface area (Å²) >= 11 is 1.89. The molecule has 7 unspecified atom stereocenters. The summed E-state index contributed by atoms with van der Waals surface area (Å²) in [6.07, 6.45) is 8.14. The Labute approximate surface area is 200 Å². The molecular weight excluding hydrogens is 432 g/mol. The third-order valence-corrected chi connectivity index (χ3v) is 9.64. The molecule has 3 aliphatic rings. The van der Waals surface area contributed by atoms with Gasteiger partial charge in [0.25, 0.3) is 5.56 Å². The van der Waals surface area contributed by atoms with Crippen molar-refractivity contribution in [1.29, 1.82) is 0 Å². The Morgan fingerprint density at radius 3 is 2.82 bits per heavy atom. The van der Waals surface area contributed by atoms with Gasteiger partial charge in [-0.05, 0) is 75.3 Å². The molecule has 2 aromatic heterocycles. The third-order valence-electron chi connectivity index (χ3n) is 8.24. The molecule has 2 N–H and O–H groups in total. The van der Waals surface area contributed by atoms with Gasteiger partial charge >= 0.3 is 0 Å². The quantitative estimate of drug-likeness (QED) is 0.711. The number of aryl methyl sites for hydroxylation is 2. The normalized spacial score (nSPS) is 34.2. The van der Waals surface area contributed by atoms with E-state index in [0.717, 1.165) is 47.3 Å². The summed E-state index contributed by atoms with van der Waals surface area (Å²) in [5.41, 5.74) is 2.71. The molecule has 33 heavy (non-hydrogen) atoms. The van der Waals surface area contributed by atoms with E-state index in [0.29, 0.717) is 17.2 Å². The van der Waals surface area contributed by atoms with Gasteiger partial charge in [-0.3, -0.25) is 19.9 Å². The van der Waals surface area contributed by atoms with Gasteiger partial charge in [-0.15, -0.1) is 11.8 Å². The van der Waals surface area contributed by atoms with Crippen molar-refractivity contribution in [2.45, 2.75) is 82.0 Å². The Bertz CT molecular complexity index is 1120. The fraction of sp³-hybridized carbons (Fsp3) is 0.654. The SMILES string of the molecule is Cc1cc2c(cn1)cc(C1CC(C(=O)NC3NC4CCC(C)CC4S3)CCC1C)c(=O)n2C. The minimum Gasteiger partial charge on any atom is -0.332 e. The molecule has 0 aromatic carbocycles. The number of amides is 1. The molecule has 3 heterocycles. The molecule has 6 nitrogen and oxygen atoms in total. The van der Waals surface area contributed by atoms with Gasteiger partial charge in [0, 0.05) is 47.1 Å². The Hall–Kier alpha value is -1.86. The number of aromatic nitrogens is 2. The minimum absolute atomic E-state index is 0.0125. The van der Waals surface area contributed by atoms with Crippen LogP contribution in [0.1, 0.15) is 69.5 Å². The molecule has 0 radical (unpaired) electrons. The number of hydrogen-bond donors (Lipinski definition) is 2. The molecule has 3 fully saturated rings. The van der Waals surface area contributed by atoms with E-state index in [2.05, 4.69) is 29.5 Å². The van der Waals surface area contributed by atoms with Crippen LogP contribution in [-0.4, -0.2) is 32.2 Å². The lowest BCUT2D eigenvalue weighted by Crippen LogP contribution is -2.47. The van der Waals surface area contributed by atoms with Crippen LogP contribution >= 0.6 is 11.8 Å². The van der Waals surface area contributed by atoms with Crippen LogP contribution in [0.3, 0.4) is 0 Å². The first-order chi connectivity index (χ1) is 15.8. The number of fused-ring (bicyclic) bond motifs is 2. The van der Waals surface area contributed by atoms with Crippen LogP contribution in [0.4, 0.5) is 0 Å². The van der Waals surface area contributed by atoms with Crippen LogP contribution in [0.15, 0.2) is 23.1 Å². The van der Waals surface area contributed by atoms with E-state index in [9.17, 15) is 9.59 Å². The number of carbonyl (C=O) groups excluding carboxylic acids is 1. The predicted molar refractivity (Wildman–Crippen MR) is 134 cm³/mol. The van der Waals surface area contributed by atoms with Crippen molar-refractivity contribution in [3.8, 4) is 0 Å². The summed E-state index contributed by atoms with van der Waals surface area (Å²) in [5, 5.41) is 8.53. The molecule has 7 heteroatoms. The average molecular weight is 469 g/mol. The highest BCUT2D eigenvalue weighted by Crippen LogP contribution is 2.41. The molecule has 1 saturated heterocycles. The highest BCUT2D eigenvalue weighted by molar-refractivity contribution is 8.00. The Balaban J connectivity index is 1.32. The van der Waals surface area contributed by atoms with Crippen molar-refractivity contribution in [2.75, 3.05) is 0 Å². The number of carbonyl (C=O) groups is 1. The average Bonchev–Trinajstić information content (AvgIpc) is 3.18. The first kappa shape index (κ1) is 22.9. The molecule has 5 rings (SSSR count). The van der Waals surface area contributed by atoms with E-state index >= 15 is 0 Å². The number of hydrogen-bond acceptors (Lipinski definition) is 5. The largest absolute Gasteiger partial charge is 0.332 e. The molecule has 178 valence electrons. The Morgan fingerprint density at radius 1 is 1.18 bits per heavy atom. The van der Waals surface area contributed by atoms with Gasteiger partial charge in [-0.1, -0.05) is 13.8 Å². The first-order valence-corrected chi connectivity index (χ1v) is 13.4. The lowest BCUT2D eigenvalue weighted by molar-refractivity contribution is -0.126. The smallest absolute Gasteiger partial charge is 0.254 e. The maximum Gasteiger partial charge on any atom is 0.254 e. The van der Waals surface area contributed by atoms with Crippen molar-refractivity contribution >= 4 is 28.6 Å². The van der Waals surface area contributed by atoms with E-state index in [1.54, 1.807) is 4.57 Å². The molecule has 0 bridgehead atoms. The van der Waals surface area contributed by atoms with Crippen molar-refractivity contribution in [2.24, 2.45) is 24.8 Å². The standard InChI is InChI=1S/C26H36N4O2S/c1-14-5-8-21-23(9-14)33-26(28-21)29-24(31)17-7-6-15(2)19(11-17)20-12-18-13-27-16(3)10-22(18)30(4)25(20)32/h10,12-15,17,19,21,23,26,28H,5-9,11H2,1-4H3,(H,29,31). The van der Waals surface area contributed by atoms with Gasteiger partial charge < -0.3 is 9.88 Å². The van der Waals surface area contributed by atoms with E-state index in [-0.39, 0.29) is 28.8 Å². The second-order valence-corrected chi connectivity index (χ2v) is 12.0. The zero-order valence-corrected chi connectivity index (χ0v) is 21.0. The third kappa shape index (κ3) is 4.46. The maximum atomic E-state index is 13.3. The van der Waals surface area contributed by atoms with Gasteiger partial charge in [0.05, 0.1) is 5.52 Å². The summed E-state index contributed by atoms with van der Waals surface area (Å²) in [4.78, 5) is 31.0. The highest BCUT2D eigenvalue weighted by atomic mass is 32.2. The summed E-state index contributed by atoms with van der Waals surface area (Å²) in [5.74, 6) is 1.33. The lowest BCUT2D eigenvalue weighted by Gasteiger charge is -2.34. The molecule has 1 amide bonds. The second kappa shape index (κ2) is 9.06. The number of pyridine rings is 2. The molecule has 2 aliphatic carbocycles. The van der Waals surface area contributed by atoms with Crippen LogP contribution in [0.2, 0.25) is 0 Å². The van der Waals surface area contributed by atoms with E-state index < -0.39 is 0 Å². The number of nitrogens with zero attached hydrogens (tertiary/aromatic N) is 2. The van der Waals surface area contributed by atoms with Crippen molar-refractivity contribution in [3.63, 3.8) is 0 Å². The summed E-state index contributed by atoms with van der Waals surface area (Å²) in [6, 6.07) is 4.51. The second-order valence-electron chi connectivity index (χ2n) is 10.7. The topological polar surface area (TPSA) is 76.0 Å². The van der Waals surface area contributed by atoms with Crippen LogP contribution in [-0.2, 0) is 11.8 Å². The zero-order chi connectivity index (χ0) is 23.3. The highest BCUT2D eigenvalue weighted by Gasteiger charge is 2.40.